The molecule has 2 aliphatic carbocycles. The fourth-order valence-electron chi connectivity index (χ4n) is 2.66. The highest BCUT2D eigenvalue weighted by Crippen LogP contribution is 2.53. The number of hydrogen-bond acceptors (Lipinski definition) is 2. The van der Waals surface area contributed by atoms with Gasteiger partial charge in [-0.1, -0.05) is 0 Å². The monoisotopic (exact) mass is 137 g/mol. The van der Waals surface area contributed by atoms with Gasteiger partial charge in [0, 0.05) is 5.92 Å². The summed E-state index contributed by atoms with van der Waals surface area (Å²) < 4.78 is 5.17. The number of ether oxygens (including phenoxy) is 1. The smallest absolute Gasteiger partial charge is 0.309 e. The maximum absolute atomic E-state index is 11.0. The largest absolute Gasteiger partial charge is 0.462 e. The van der Waals surface area contributed by atoms with Gasteiger partial charge in [-0.25, -0.2) is 0 Å². The molecule has 0 aromatic rings. The van der Waals surface area contributed by atoms with E-state index in [4.69, 9.17) is 4.74 Å². The van der Waals surface area contributed by atoms with E-state index < -0.39 is 0 Å². The minimum atomic E-state index is 0.0370. The Morgan fingerprint density at radius 1 is 1.50 bits per heavy atom. The second-order valence-electron chi connectivity index (χ2n) is 3.59. The van der Waals surface area contributed by atoms with Crippen LogP contribution in [0.1, 0.15) is 12.8 Å². The first-order valence-corrected chi connectivity index (χ1v) is 3.90. The van der Waals surface area contributed by atoms with Crippen molar-refractivity contribution in [2.75, 3.05) is 0 Å². The summed E-state index contributed by atoms with van der Waals surface area (Å²) in [5.74, 6) is 1.49. The third-order valence-electron chi connectivity index (χ3n) is 3.07. The zero-order valence-corrected chi connectivity index (χ0v) is 5.62. The Morgan fingerprint density at radius 3 is 3.00 bits per heavy atom. The summed E-state index contributed by atoms with van der Waals surface area (Å²) in [6.45, 7) is 0. The van der Waals surface area contributed by atoms with Crippen LogP contribution in [0.5, 0.6) is 0 Å². The number of carbonyl (C=O) groups is 1. The fraction of sp³-hybridized carbons (Fsp3) is 0.750. The zero-order valence-electron chi connectivity index (χ0n) is 5.62. The van der Waals surface area contributed by atoms with Crippen LogP contribution in [0.3, 0.4) is 0 Å². The summed E-state index contributed by atoms with van der Waals surface area (Å²) in [6.07, 6.45) is 4.80. The third kappa shape index (κ3) is 0.414. The van der Waals surface area contributed by atoms with Crippen LogP contribution >= 0.6 is 0 Å². The Bertz CT molecular complexity index is 197. The summed E-state index contributed by atoms with van der Waals surface area (Å²) in [6, 6.07) is 0. The van der Waals surface area contributed by atoms with Crippen molar-refractivity contribution in [1.29, 1.82) is 0 Å². The van der Waals surface area contributed by atoms with Crippen molar-refractivity contribution < 1.29 is 9.53 Å². The van der Waals surface area contributed by atoms with Crippen molar-refractivity contribution >= 4 is 5.97 Å². The normalized spacial score (nSPS) is 55.8. The maximum Gasteiger partial charge on any atom is 0.309 e. The van der Waals surface area contributed by atoms with E-state index >= 15 is 0 Å². The van der Waals surface area contributed by atoms with Gasteiger partial charge in [0.25, 0.3) is 0 Å². The number of fused-ring (bicyclic) bond motifs is 1. The number of carbonyl (C=O) groups excluding carboxylic acids is 1. The van der Waals surface area contributed by atoms with E-state index in [-0.39, 0.29) is 11.9 Å². The Morgan fingerprint density at radius 2 is 2.40 bits per heavy atom. The van der Waals surface area contributed by atoms with Gasteiger partial charge in [-0.15, -0.1) is 0 Å². The van der Waals surface area contributed by atoms with E-state index in [9.17, 15) is 4.79 Å². The van der Waals surface area contributed by atoms with Crippen molar-refractivity contribution in [3.8, 4) is 0 Å². The first-order valence-electron chi connectivity index (χ1n) is 3.90. The van der Waals surface area contributed by atoms with Crippen molar-refractivity contribution in [3.05, 3.63) is 6.42 Å². The molecule has 2 nitrogen and oxygen atoms in total. The van der Waals surface area contributed by atoms with E-state index in [1.54, 1.807) is 0 Å². The lowest BCUT2D eigenvalue weighted by atomic mass is 9.90. The second-order valence-corrected chi connectivity index (χ2v) is 3.59. The molecule has 0 aromatic heterocycles. The molecule has 0 aromatic carbocycles. The molecule has 1 saturated heterocycles. The Labute approximate surface area is 59.6 Å². The van der Waals surface area contributed by atoms with Crippen molar-refractivity contribution in [2.45, 2.75) is 18.9 Å². The average molecular weight is 137 g/mol. The molecule has 1 radical (unpaired) electrons. The maximum atomic E-state index is 11.0. The molecule has 3 fully saturated rings. The van der Waals surface area contributed by atoms with Crippen LogP contribution in [0.15, 0.2) is 0 Å². The molecule has 3 rings (SSSR count). The predicted octanol–water partition coefficient (Wildman–Crippen LogP) is 0.772. The van der Waals surface area contributed by atoms with E-state index in [1.807, 2.05) is 0 Å². The highest BCUT2D eigenvalue weighted by Gasteiger charge is 2.56. The summed E-state index contributed by atoms with van der Waals surface area (Å²) >= 11 is 0. The van der Waals surface area contributed by atoms with Crippen LogP contribution in [0, 0.1) is 24.2 Å². The molecule has 4 unspecified atom stereocenters. The van der Waals surface area contributed by atoms with Crippen molar-refractivity contribution in [3.63, 3.8) is 0 Å². The summed E-state index contributed by atoms with van der Waals surface area (Å²) in [5, 5.41) is 0. The predicted molar refractivity (Wildman–Crippen MR) is 33.9 cm³/mol. The molecule has 2 heteroatoms. The van der Waals surface area contributed by atoms with Crippen molar-refractivity contribution in [1.82, 2.24) is 0 Å². The molecule has 1 aliphatic heterocycles. The molecule has 0 N–H and O–H groups in total. The van der Waals surface area contributed by atoms with Crippen molar-refractivity contribution in [2.24, 2.45) is 17.8 Å². The van der Waals surface area contributed by atoms with Crippen LogP contribution in [0.2, 0.25) is 0 Å². The van der Waals surface area contributed by atoms with E-state index in [0.717, 1.165) is 6.42 Å². The van der Waals surface area contributed by atoms with Crippen LogP contribution < -0.4 is 0 Å². The molecule has 2 saturated carbocycles. The fourth-order valence-corrected chi connectivity index (χ4v) is 2.66. The molecule has 2 bridgehead atoms. The molecule has 0 amide bonds. The zero-order chi connectivity index (χ0) is 6.72. The number of hydrogen-bond donors (Lipinski definition) is 0. The van der Waals surface area contributed by atoms with E-state index in [1.165, 1.54) is 6.42 Å². The Hall–Kier alpha value is -0.530. The minimum Gasteiger partial charge on any atom is -0.462 e. The quantitative estimate of drug-likeness (QED) is 0.461. The van der Waals surface area contributed by atoms with Gasteiger partial charge in [0.1, 0.15) is 6.10 Å². The number of rotatable bonds is 0. The van der Waals surface area contributed by atoms with Crippen LogP contribution in [-0.2, 0) is 9.53 Å². The molecule has 1 heterocycles. The van der Waals surface area contributed by atoms with Crippen LogP contribution in [0.4, 0.5) is 0 Å². The minimum absolute atomic E-state index is 0.0370. The Kier molecular flexibility index (Phi) is 0.715. The van der Waals surface area contributed by atoms with Gasteiger partial charge in [0.15, 0.2) is 0 Å². The molecule has 10 heavy (non-hydrogen) atoms. The second kappa shape index (κ2) is 1.39. The average Bonchev–Trinajstić information content (AvgIpc) is 2.44. The van der Waals surface area contributed by atoms with Gasteiger partial charge in [-0.3, -0.25) is 4.79 Å². The van der Waals surface area contributed by atoms with E-state index in [0.29, 0.717) is 17.9 Å². The SMILES string of the molecule is O=C1OC2CC3[CH]C1C2C3. The number of esters is 1. The lowest BCUT2D eigenvalue weighted by Gasteiger charge is -2.11. The van der Waals surface area contributed by atoms with Gasteiger partial charge >= 0.3 is 5.97 Å². The summed E-state index contributed by atoms with van der Waals surface area (Å²) in [7, 11) is 0. The highest BCUT2D eigenvalue weighted by molar-refractivity contribution is 5.78. The third-order valence-corrected chi connectivity index (χ3v) is 3.07. The molecular formula is C8H9O2. The topological polar surface area (TPSA) is 26.3 Å². The molecule has 53 valence electrons. The van der Waals surface area contributed by atoms with Gasteiger partial charge in [0.2, 0.25) is 0 Å². The first kappa shape index (κ1) is 5.16. The molecular weight excluding hydrogens is 128 g/mol. The van der Waals surface area contributed by atoms with Gasteiger partial charge in [0.05, 0.1) is 5.92 Å². The summed E-state index contributed by atoms with van der Waals surface area (Å²) in [4.78, 5) is 11.0. The highest BCUT2D eigenvalue weighted by atomic mass is 16.6. The van der Waals surface area contributed by atoms with Gasteiger partial charge < -0.3 is 4.74 Å². The standard InChI is InChI=1S/C8H9O2/c9-8-6-2-4-1-5(6)7(3-4)10-8/h2,4-7H,1,3H2. The van der Waals surface area contributed by atoms with Gasteiger partial charge in [-0.2, -0.15) is 0 Å². The van der Waals surface area contributed by atoms with E-state index in [2.05, 4.69) is 6.42 Å². The molecule has 3 aliphatic rings. The lowest BCUT2D eigenvalue weighted by molar-refractivity contribution is -0.142. The van der Waals surface area contributed by atoms with Gasteiger partial charge in [-0.05, 0) is 25.2 Å². The van der Waals surface area contributed by atoms with Crippen LogP contribution in [-0.4, -0.2) is 12.1 Å². The summed E-state index contributed by atoms with van der Waals surface area (Å²) in [5.41, 5.74) is 0. The van der Waals surface area contributed by atoms with Crippen LogP contribution in [0.25, 0.3) is 0 Å². The lowest BCUT2D eigenvalue weighted by Crippen LogP contribution is -2.16. The molecule has 4 atom stereocenters. The Balaban J connectivity index is 2.05. The first-order chi connectivity index (χ1) is 4.84. The molecule has 0 spiro atoms.